The Balaban J connectivity index is 2.32. The van der Waals surface area contributed by atoms with Gasteiger partial charge in [0.1, 0.15) is 6.04 Å². The van der Waals surface area contributed by atoms with Crippen LogP contribution in [-0.4, -0.2) is 54.6 Å². The van der Waals surface area contributed by atoms with Crippen LogP contribution in [0.2, 0.25) is 0 Å². The van der Waals surface area contributed by atoms with E-state index in [4.69, 9.17) is 0 Å². The maximum absolute atomic E-state index is 13.4. The van der Waals surface area contributed by atoms with Gasteiger partial charge < -0.3 is 10.2 Å². The molecule has 0 aromatic heterocycles. The Morgan fingerprint density at radius 3 is 2.09 bits per heavy atom. The van der Waals surface area contributed by atoms with Gasteiger partial charge in [-0.1, -0.05) is 55.0 Å². The zero-order chi connectivity index (χ0) is 24.8. The number of nitrogens with zero attached hydrogens (tertiary/aromatic N) is 2. The van der Waals surface area contributed by atoms with E-state index in [1.54, 1.807) is 12.1 Å². The highest BCUT2D eigenvalue weighted by atomic mass is 32.2. The molecule has 0 aliphatic carbocycles. The van der Waals surface area contributed by atoms with Gasteiger partial charge in [0.15, 0.2) is 0 Å². The Morgan fingerprint density at radius 1 is 1.00 bits per heavy atom. The van der Waals surface area contributed by atoms with E-state index < -0.39 is 27.5 Å². The van der Waals surface area contributed by atoms with Crippen molar-refractivity contribution in [3.8, 4) is 0 Å². The van der Waals surface area contributed by atoms with Crippen molar-refractivity contribution < 1.29 is 18.0 Å². The molecular formula is C25H35N3O4S. The molecule has 1 atom stereocenters. The summed E-state index contributed by atoms with van der Waals surface area (Å²) in [6, 6.07) is 15.1. The molecule has 0 radical (unpaired) electrons. The Kier molecular flexibility index (Phi) is 8.80. The van der Waals surface area contributed by atoms with Crippen molar-refractivity contribution in [3.05, 3.63) is 65.7 Å². The molecule has 0 unspecified atom stereocenters. The average Bonchev–Trinajstić information content (AvgIpc) is 2.73. The third-order valence-corrected chi connectivity index (χ3v) is 6.98. The van der Waals surface area contributed by atoms with Crippen molar-refractivity contribution in [3.63, 3.8) is 0 Å². The standard InChI is InChI=1S/C25H35N3O4S/c1-7-22(24(30)26-25(3,4)5)28(17-20-11-9-8-10-12-20)23(29)18-27(6)33(31,32)21-15-13-19(2)14-16-21/h8-16,22H,7,17-18H2,1-6H3,(H,26,30)/t22-/m1/s1. The minimum absolute atomic E-state index is 0.121. The van der Waals surface area contributed by atoms with Crippen LogP contribution in [0, 0.1) is 6.92 Å². The monoisotopic (exact) mass is 473 g/mol. The minimum Gasteiger partial charge on any atom is -0.350 e. The lowest BCUT2D eigenvalue weighted by molar-refractivity contribution is -0.142. The van der Waals surface area contributed by atoms with Gasteiger partial charge in [-0.15, -0.1) is 0 Å². The molecule has 33 heavy (non-hydrogen) atoms. The van der Waals surface area contributed by atoms with Crippen molar-refractivity contribution in [1.82, 2.24) is 14.5 Å². The first-order chi connectivity index (χ1) is 15.3. The highest BCUT2D eigenvalue weighted by Gasteiger charge is 2.33. The topological polar surface area (TPSA) is 86.8 Å². The number of benzene rings is 2. The first kappa shape index (κ1) is 26.5. The molecule has 2 aromatic rings. The molecule has 2 rings (SSSR count). The van der Waals surface area contributed by atoms with E-state index in [0.29, 0.717) is 6.42 Å². The molecule has 0 heterocycles. The van der Waals surface area contributed by atoms with E-state index in [2.05, 4.69) is 5.32 Å². The number of carbonyl (C=O) groups excluding carboxylic acids is 2. The first-order valence-corrected chi connectivity index (χ1v) is 12.5. The van der Waals surface area contributed by atoms with Gasteiger partial charge in [-0.25, -0.2) is 8.42 Å². The Labute approximate surface area is 197 Å². The molecule has 2 aromatic carbocycles. The van der Waals surface area contributed by atoms with Crippen LogP contribution in [-0.2, 0) is 26.2 Å². The molecule has 180 valence electrons. The second kappa shape index (κ2) is 10.9. The van der Waals surface area contributed by atoms with Gasteiger partial charge >= 0.3 is 0 Å². The SMILES string of the molecule is CC[C@H](C(=O)NC(C)(C)C)N(Cc1ccccc1)C(=O)CN(C)S(=O)(=O)c1ccc(C)cc1. The third kappa shape index (κ3) is 7.40. The summed E-state index contributed by atoms with van der Waals surface area (Å²) in [5.74, 6) is -0.703. The number of amides is 2. The molecule has 0 saturated carbocycles. The van der Waals surface area contributed by atoms with Gasteiger partial charge in [-0.3, -0.25) is 9.59 Å². The van der Waals surface area contributed by atoms with Crippen LogP contribution < -0.4 is 5.32 Å². The summed E-state index contributed by atoms with van der Waals surface area (Å²) in [6.45, 7) is 9.18. The van der Waals surface area contributed by atoms with Gasteiger partial charge in [0, 0.05) is 19.1 Å². The number of aryl methyl sites for hydroxylation is 1. The van der Waals surface area contributed by atoms with E-state index in [-0.39, 0.29) is 23.9 Å². The fourth-order valence-electron chi connectivity index (χ4n) is 3.41. The summed E-state index contributed by atoms with van der Waals surface area (Å²) >= 11 is 0. The maximum atomic E-state index is 13.4. The second-order valence-electron chi connectivity index (χ2n) is 9.24. The molecule has 8 heteroatoms. The molecule has 0 aliphatic rings. The first-order valence-electron chi connectivity index (χ1n) is 11.0. The van der Waals surface area contributed by atoms with Crippen LogP contribution >= 0.6 is 0 Å². The lowest BCUT2D eigenvalue weighted by atomic mass is 10.1. The molecule has 0 fully saturated rings. The second-order valence-corrected chi connectivity index (χ2v) is 11.3. The number of rotatable bonds is 9. The predicted octanol–water partition coefficient (Wildman–Crippen LogP) is 3.34. The van der Waals surface area contributed by atoms with Crippen molar-refractivity contribution in [2.45, 2.75) is 64.1 Å². The van der Waals surface area contributed by atoms with E-state index in [1.165, 1.54) is 24.1 Å². The lowest BCUT2D eigenvalue weighted by Crippen LogP contribution is -2.55. The van der Waals surface area contributed by atoms with E-state index in [0.717, 1.165) is 15.4 Å². The van der Waals surface area contributed by atoms with Crippen LogP contribution in [0.4, 0.5) is 0 Å². The molecule has 2 amide bonds. The number of likely N-dealkylation sites (N-methyl/N-ethyl adjacent to an activating group) is 1. The fraction of sp³-hybridized carbons (Fsp3) is 0.440. The highest BCUT2D eigenvalue weighted by Crippen LogP contribution is 2.18. The highest BCUT2D eigenvalue weighted by molar-refractivity contribution is 7.89. The van der Waals surface area contributed by atoms with Crippen molar-refractivity contribution in [2.75, 3.05) is 13.6 Å². The molecule has 1 N–H and O–H groups in total. The van der Waals surface area contributed by atoms with Gasteiger partial charge in [0.2, 0.25) is 21.8 Å². The Hall–Kier alpha value is -2.71. The summed E-state index contributed by atoms with van der Waals surface area (Å²) in [7, 11) is -2.47. The minimum atomic E-state index is -3.85. The number of nitrogens with one attached hydrogen (secondary N) is 1. The van der Waals surface area contributed by atoms with Crippen molar-refractivity contribution in [2.24, 2.45) is 0 Å². The number of carbonyl (C=O) groups is 2. The summed E-state index contributed by atoms with van der Waals surface area (Å²) in [5, 5.41) is 2.94. The third-order valence-electron chi connectivity index (χ3n) is 5.17. The lowest BCUT2D eigenvalue weighted by Gasteiger charge is -2.34. The molecule has 0 bridgehead atoms. The van der Waals surface area contributed by atoms with Crippen molar-refractivity contribution in [1.29, 1.82) is 0 Å². The number of hydrogen-bond donors (Lipinski definition) is 1. The van der Waals surface area contributed by atoms with Gasteiger partial charge in [0.05, 0.1) is 11.4 Å². The normalized spacial score (nSPS) is 12.9. The zero-order valence-corrected chi connectivity index (χ0v) is 21.1. The van der Waals surface area contributed by atoms with Gasteiger partial charge in [0.25, 0.3) is 0 Å². The molecule has 0 aliphatic heterocycles. The van der Waals surface area contributed by atoms with E-state index in [1.807, 2.05) is 65.0 Å². The molecular weight excluding hydrogens is 438 g/mol. The number of sulfonamides is 1. The number of hydrogen-bond acceptors (Lipinski definition) is 4. The van der Waals surface area contributed by atoms with Crippen LogP contribution in [0.1, 0.15) is 45.2 Å². The summed E-state index contributed by atoms with van der Waals surface area (Å²) < 4.78 is 27.0. The summed E-state index contributed by atoms with van der Waals surface area (Å²) in [6.07, 6.45) is 0.398. The molecule has 0 saturated heterocycles. The smallest absolute Gasteiger partial charge is 0.243 e. The maximum Gasteiger partial charge on any atom is 0.243 e. The van der Waals surface area contributed by atoms with Gasteiger partial charge in [-0.05, 0) is 51.8 Å². The van der Waals surface area contributed by atoms with Crippen LogP contribution in [0.3, 0.4) is 0 Å². The quantitative estimate of drug-likeness (QED) is 0.605. The zero-order valence-electron chi connectivity index (χ0n) is 20.3. The molecule has 7 nitrogen and oxygen atoms in total. The Morgan fingerprint density at radius 2 is 1.58 bits per heavy atom. The largest absolute Gasteiger partial charge is 0.350 e. The van der Waals surface area contributed by atoms with Crippen LogP contribution in [0.15, 0.2) is 59.5 Å². The van der Waals surface area contributed by atoms with Gasteiger partial charge in [-0.2, -0.15) is 4.31 Å². The summed E-state index contributed by atoms with van der Waals surface area (Å²) in [5.41, 5.74) is 1.34. The van der Waals surface area contributed by atoms with Crippen LogP contribution in [0.25, 0.3) is 0 Å². The molecule has 0 spiro atoms. The fourth-order valence-corrected chi connectivity index (χ4v) is 4.53. The van der Waals surface area contributed by atoms with Crippen molar-refractivity contribution >= 4 is 21.8 Å². The predicted molar refractivity (Wildman–Crippen MR) is 130 cm³/mol. The average molecular weight is 474 g/mol. The van der Waals surface area contributed by atoms with E-state index in [9.17, 15) is 18.0 Å². The Bertz CT molecular complexity index is 1050. The summed E-state index contributed by atoms with van der Waals surface area (Å²) in [4.78, 5) is 28.0. The van der Waals surface area contributed by atoms with Crippen LogP contribution in [0.5, 0.6) is 0 Å². The van der Waals surface area contributed by atoms with E-state index >= 15 is 0 Å².